The van der Waals surface area contributed by atoms with Gasteiger partial charge in [0.25, 0.3) is 0 Å². The van der Waals surface area contributed by atoms with Crippen molar-refractivity contribution in [1.29, 1.82) is 10.5 Å². The molecule has 0 amide bonds. The van der Waals surface area contributed by atoms with Crippen LogP contribution in [0.25, 0.3) is 0 Å². The molecule has 0 fully saturated rings. The summed E-state index contributed by atoms with van der Waals surface area (Å²) in [4.78, 5) is 0. The van der Waals surface area contributed by atoms with Gasteiger partial charge in [0.05, 0.1) is 12.1 Å². The van der Waals surface area contributed by atoms with Gasteiger partial charge in [-0.05, 0) is 23.7 Å². The van der Waals surface area contributed by atoms with E-state index in [0.29, 0.717) is 0 Å². The molecule has 0 bridgehead atoms. The lowest BCUT2D eigenvalue weighted by Gasteiger charge is -2.33. The summed E-state index contributed by atoms with van der Waals surface area (Å²) in [6, 6.07) is 4.64. The van der Waals surface area contributed by atoms with E-state index in [4.69, 9.17) is 0 Å². The summed E-state index contributed by atoms with van der Waals surface area (Å²) in [6.07, 6.45) is 0. The number of nitrogens with zero attached hydrogens (tertiary/aromatic N) is 4. The quantitative estimate of drug-likeness (QED) is 0.666. The van der Waals surface area contributed by atoms with Crippen LogP contribution in [0.2, 0.25) is 0 Å². The van der Waals surface area contributed by atoms with Crippen molar-refractivity contribution in [3.8, 4) is 12.1 Å². The maximum absolute atomic E-state index is 9.58. The van der Waals surface area contributed by atoms with E-state index >= 15 is 0 Å². The Hall–Kier alpha value is -1.42. The summed E-state index contributed by atoms with van der Waals surface area (Å²) >= 11 is 0. The molecule has 0 atom stereocenters. The van der Waals surface area contributed by atoms with Gasteiger partial charge in [0, 0.05) is 0 Å². The van der Waals surface area contributed by atoms with Crippen molar-refractivity contribution in [3.05, 3.63) is 0 Å². The summed E-state index contributed by atoms with van der Waals surface area (Å²) in [6.45, 7) is 15.8. The summed E-state index contributed by atoms with van der Waals surface area (Å²) in [5.74, 6) is 0.192. The molecule has 0 unspecified atom stereocenters. The first-order valence-electron chi connectivity index (χ1n) is 7.37. The third-order valence-corrected chi connectivity index (χ3v) is 4.26. The molecule has 0 heterocycles. The maximum Gasteiger partial charge on any atom is 0.172 e. The molecule has 0 saturated carbocycles. The Kier molecular flexibility index (Phi) is 6.35. The summed E-state index contributed by atoms with van der Waals surface area (Å²) < 4.78 is 0. The topological polar surface area (TPSA) is 72.3 Å². The molecule has 0 aliphatic rings. The highest BCUT2D eigenvalue weighted by atomic mass is 15.2. The normalized spacial score (nSPS) is 13.5. The van der Waals surface area contributed by atoms with E-state index in [0.717, 1.165) is 0 Å². The predicted octanol–water partition coefficient (Wildman–Crippen LogP) is 4.59. The zero-order chi connectivity index (χ0) is 16.1. The minimum Gasteiger partial charge on any atom is -0.196 e. The van der Waals surface area contributed by atoms with Gasteiger partial charge in [-0.1, -0.05) is 55.4 Å². The molecule has 112 valence electrons. The molecule has 0 aromatic carbocycles. The Morgan fingerprint density at radius 1 is 0.600 bits per heavy atom. The third kappa shape index (κ3) is 3.18. The van der Waals surface area contributed by atoms with Crippen LogP contribution >= 0.6 is 0 Å². The zero-order valence-corrected chi connectivity index (χ0v) is 14.1. The zero-order valence-electron chi connectivity index (χ0n) is 14.1. The fraction of sp³-hybridized carbons (Fsp3) is 0.875. The van der Waals surface area contributed by atoms with Gasteiger partial charge in [0.2, 0.25) is 0 Å². The van der Waals surface area contributed by atoms with Crippen LogP contribution in [-0.4, -0.2) is 11.1 Å². The number of hydrogen-bond donors (Lipinski definition) is 0. The van der Waals surface area contributed by atoms with Crippen LogP contribution in [0, 0.1) is 46.3 Å². The van der Waals surface area contributed by atoms with E-state index in [1.807, 2.05) is 55.4 Å². The lowest BCUT2D eigenvalue weighted by molar-refractivity contribution is 0.240. The maximum atomic E-state index is 9.58. The molecule has 0 rings (SSSR count). The molecule has 0 aliphatic heterocycles. The average Bonchev–Trinajstić information content (AvgIpc) is 2.33. The fourth-order valence-electron chi connectivity index (χ4n) is 2.52. The molecule has 4 nitrogen and oxygen atoms in total. The predicted molar refractivity (Wildman–Crippen MR) is 80.9 cm³/mol. The van der Waals surface area contributed by atoms with Crippen molar-refractivity contribution in [3.63, 3.8) is 0 Å². The highest BCUT2D eigenvalue weighted by molar-refractivity contribution is 5.14. The smallest absolute Gasteiger partial charge is 0.172 e. The number of hydrogen-bond acceptors (Lipinski definition) is 4. The standard InChI is InChI=1S/C16H28N4/c1-11(2)15(9-17,12(3)4)19-20-16(10-18,13(5)6)14(7)8/h11-14H,1-8H3/b20-19+. The summed E-state index contributed by atoms with van der Waals surface area (Å²) in [7, 11) is 0. The van der Waals surface area contributed by atoms with Gasteiger partial charge in [-0.3, -0.25) is 0 Å². The first-order valence-corrected chi connectivity index (χ1v) is 7.37. The van der Waals surface area contributed by atoms with Gasteiger partial charge < -0.3 is 0 Å². The molecule has 0 spiro atoms. The van der Waals surface area contributed by atoms with Crippen LogP contribution in [0.1, 0.15) is 55.4 Å². The lowest BCUT2D eigenvalue weighted by atomic mass is 9.78. The third-order valence-electron chi connectivity index (χ3n) is 4.26. The van der Waals surface area contributed by atoms with Crippen LogP contribution in [0.4, 0.5) is 0 Å². The van der Waals surface area contributed by atoms with E-state index < -0.39 is 11.1 Å². The van der Waals surface area contributed by atoms with Crippen LogP contribution in [0.3, 0.4) is 0 Å². The van der Waals surface area contributed by atoms with Crippen molar-refractivity contribution in [2.45, 2.75) is 66.5 Å². The first kappa shape index (κ1) is 18.6. The Labute approximate surface area is 123 Å². The number of nitriles is 2. The first-order chi connectivity index (χ1) is 9.10. The molecule has 0 aromatic rings. The molecule has 0 radical (unpaired) electrons. The minimum absolute atomic E-state index is 0.0481. The van der Waals surface area contributed by atoms with Gasteiger partial charge in [0.1, 0.15) is 0 Å². The molecular formula is C16H28N4. The van der Waals surface area contributed by atoms with E-state index in [2.05, 4.69) is 22.4 Å². The molecule has 4 heteroatoms. The Morgan fingerprint density at radius 3 is 0.900 bits per heavy atom. The Morgan fingerprint density at radius 2 is 0.800 bits per heavy atom. The van der Waals surface area contributed by atoms with E-state index in [1.165, 1.54) is 0 Å². The monoisotopic (exact) mass is 276 g/mol. The van der Waals surface area contributed by atoms with Gasteiger partial charge in [-0.25, -0.2) is 0 Å². The summed E-state index contributed by atoms with van der Waals surface area (Å²) in [5.41, 5.74) is -1.74. The van der Waals surface area contributed by atoms with Gasteiger partial charge in [0.15, 0.2) is 11.1 Å². The van der Waals surface area contributed by atoms with E-state index in [9.17, 15) is 10.5 Å². The molecule has 0 N–H and O–H groups in total. The molecule has 20 heavy (non-hydrogen) atoms. The van der Waals surface area contributed by atoms with Gasteiger partial charge in [-0.15, -0.1) is 0 Å². The van der Waals surface area contributed by atoms with Crippen LogP contribution in [0.15, 0.2) is 10.2 Å². The number of azo groups is 1. The van der Waals surface area contributed by atoms with E-state index in [1.54, 1.807) is 0 Å². The van der Waals surface area contributed by atoms with Crippen LogP contribution in [-0.2, 0) is 0 Å². The molecular weight excluding hydrogens is 248 g/mol. The highest BCUT2D eigenvalue weighted by Gasteiger charge is 2.42. The largest absolute Gasteiger partial charge is 0.196 e. The summed E-state index contributed by atoms with van der Waals surface area (Å²) in [5, 5.41) is 28.0. The van der Waals surface area contributed by atoms with Crippen molar-refractivity contribution in [2.24, 2.45) is 33.9 Å². The second kappa shape index (κ2) is 6.84. The van der Waals surface area contributed by atoms with Gasteiger partial charge >= 0.3 is 0 Å². The van der Waals surface area contributed by atoms with Crippen molar-refractivity contribution >= 4 is 0 Å². The average molecular weight is 276 g/mol. The molecule has 0 aromatic heterocycles. The lowest BCUT2D eigenvalue weighted by Crippen LogP contribution is -2.41. The Balaban J connectivity index is 5.86. The van der Waals surface area contributed by atoms with Crippen molar-refractivity contribution < 1.29 is 0 Å². The highest BCUT2D eigenvalue weighted by Crippen LogP contribution is 2.35. The van der Waals surface area contributed by atoms with Gasteiger partial charge in [-0.2, -0.15) is 20.8 Å². The SMILES string of the molecule is CC(C)C(C#N)(/N=N/C(C#N)(C(C)C)C(C)C)C(C)C. The molecule has 0 saturated heterocycles. The molecule has 0 aliphatic carbocycles. The van der Waals surface area contributed by atoms with Crippen molar-refractivity contribution in [2.75, 3.05) is 0 Å². The van der Waals surface area contributed by atoms with Crippen molar-refractivity contribution in [1.82, 2.24) is 0 Å². The minimum atomic E-state index is -0.869. The fourth-order valence-corrected chi connectivity index (χ4v) is 2.52. The second-order valence-electron chi connectivity index (χ2n) is 6.69. The number of rotatable bonds is 6. The second-order valence-corrected chi connectivity index (χ2v) is 6.69. The van der Waals surface area contributed by atoms with Crippen LogP contribution < -0.4 is 0 Å². The Bertz CT molecular complexity index is 363. The van der Waals surface area contributed by atoms with Crippen LogP contribution in [0.5, 0.6) is 0 Å². The van der Waals surface area contributed by atoms with E-state index in [-0.39, 0.29) is 23.7 Å².